The van der Waals surface area contributed by atoms with Crippen LogP contribution in [0.4, 0.5) is 5.00 Å². The van der Waals surface area contributed by atoms with E-state index in [4.69, 9.17) is 17.3 Å². The molecular formula is C6H6ClNO2S. The zero-order valence-electron chi connectivity index (χ0n) is 5.76. The van der Waals surface area contributed by atoms with E-state index >= 15 is 0 Å². The van der Waals surface area contributed by atoms with Crippen LogP contribution in [0.5, 0.6) is 0 Å². The van der Waals surface area contributed by atoms with E-state index in [0.717, 1.165) is 0 Å². The monoisotopic (exact) mass is 191 g/mol. The molecule has 0 aliphatic heterocycles. The average Bonchev–Trinajstić information content (AvgIpc) is 2.30. The molecule has 0 aromatic carbocycles. The van der Waals surface area contributed by atoms with Gasteiger partial charge in [-0.05, 0) is 0 Å². The second-order valence-electron chi connectivity index (χ2n) is 1.81. The predicted molar refractivity (Wildman–Crippen MR) is 45.1 cm³/mol. The molecule has 3 nitrogen and oxygen atoms in total. The molecule has 2 N–H and O–H groups in total. The molecule has 0 radical (unpaired) electrons. The minimum Gasteiger partial charge on any atom is -0.465 e. The Morgan fingerprint density at radius 1 is 1.82 bits per heavy atom. The number of carbonyl (C=O) groups excluding carboxylic acids is 1. The summed E-state index contributed by atoms with van der Waals surface area (Å²) in [7, 11) is 1.29. The Balaban J connectivity index is 3.10. The molecule has 0 saturated carbocycles. The lowest BCUT2D eigenvalue weighted by Crippen LogP contribution is -2.02. The molecule has 0 spiro atoms. The van der Waals surface area contributed by atoms with Gasteiger partial charge in [-0.3, -0.25) is 0 Å². The molecule has 11 heavy (non-hydrogen) atoms. The maximum Gasteiger partial charge on any atom is 0.342 e. The first-order valence-electron chi connectivity index (χ1n) is 2.77. The zero-order valence-corrected chi connectivity index (χ0v) is 7.33. The summed E-state index contributed by atoms with van der Waals surface area (Å²) < 4.78 is 4.46. The lowest BCUT2D eigenvalue weighted by Gasteiger charge is -1.96. The molecule has 0 aliphatic carbocycles. The molecule has 0 aliphatic rings. The van der Waals surface area contributed by atoms with Crippen molar-refractivity contribution in [2.24, 2.45) is 0 Å². The van der Waals surface area contributed by atoms with E-state index < -0.39 is 5.97 Å². The van der Waals surface area contributed by atoms with Gasteiger partial charge in [0.15, 0.2) is 0 Å². The minimum atomic E-state index is -0.492. The van der Waals surface area contributed by atoms with Gasteiger partial charge in [-0.1, -0.05) is 11.6 Å². The van der Waals surface area contributed by atoms with Crippen LogP contribution in [0.3, 0.4) is 0 Å². The number of rotatable bonds is 1. The number of thiophene rings is 1. The molecule has 0 unspecified atom stereocenters. The molecule has 1 aromatic rings. The second kappa shape index (κ2) is 3.11. The van der Waals surface area contributed by atoms with Crippen LogP contribution in [0, 0.1) is 0 Å². The number of esters is 1. The summed E-state index contributed by atoms with van der Waals surface area (Å²) in [6.45, 7) is 0. The third-order valence-corrected chi connectivity index (χ3v) is 2.40. The van der Waals surface area contributed by atoms with Crippen molar-refractivity contribution in [1.82, 2.24) is 0 Å². The third-order valence-electron chi connectivity index (χ3n) is 1.16. The fourth-order valence-electron chi connectivity index (χ4n) is 0.651. The summed E-state index contributed by atoms with van der Waals surface area (Å²) in [5.74, 6) is -0.492. The Hall–Kier alpha value is -0.740. The molecule has 1 rings (SSSR count). The minimum absolute atomic E-state index is 0.263. The fraction of sp³-hybridized carbons (Fsp3) is 0.167. The number of nitrogens with two attached hydrogens (primary N) is 1. The number of hydrogen-bond acceptors (Lipinski definition) is 4. The summed E-state index contributed by atoms with van der Waals surface area (Å²) >= 11 is 6.87. The van der Waals surface area contributed by atoms with Gasteiger partial charge in [0.25, 0.3) is 0 Å². The number of methoxy groups -OCH3 is 1. The molecule has 0 saturated heterocycles. The van der Waals surface area contributed by atoms with Gasteiger partial charge in [0.1, 0.15) is 10.6 Å². The summed E-state index contributed by atoms with van der Waals surface area (Å²) in [5.41, 5.74) is 5.71. The van der Waals surface area contributed by atoms with E-state index in [1.165, 1.54) is 18.4 Å². The number of hydrogen-bond donors (Lipinski definition) is 1. The molecule has 0 bridgehead atoms. The van der Waals surface area contributed by atoms with Crippen molar-refractivity contribution < 1.29 is 9.53 Å². The topological polar surface area (TPSA) is 52.3 Å². The van der Waals surface area contributed by atoms with Gasteiger partial charge in [-0.2, -0.15) is 0 Å². The van der Waals surface area contributed by atoms with E-state index in [-0.39, 0.29) is 5.56 Å². The average molecular weight is 192 g/mol. The quantitative estimate of drug-likeness (QED) is 0.689. The van der Waals surface area contributed by atoms with Gasteiger partial charge in [0.05, 0.1) is 12.1 Å². The number of ether oxygens (including phenoxy) is 1. The Morgan fingerprint density at radius 2 is 2.45 bits per heavy atom. The Bertz CT molecular complexity index is 265. The normalized spacial score (nSPS) is 9.64. The molecule has 1 aromatic heterocycles. The van der Waals surface area contributed by atoms with Crippen molar-refractivity contribution in [3.05, 3.63) is 16.0 Å². The smallest absolute Gasteiger partial charge is 0.342 e. The van der Waals surface area contributed by atoms with Crippen LogP contribution in [-0.4, -0.2) is 13.1 Å². The standard InChI is InChI=1S/C6H6ClNO2S/c1-10-6(9)4-3(7)2-11-5(4)8/h2H,8H2,1H3. The third kappa shape index (κ3) is 1.46. The lowest BCUT2D eigenvalue weighted by atomic mass is 10.3. The zero-order chi connectivity index (χ0) is 8.43. The van der Waals surface area contributed by atoms with Crippen LogP contribution in [0.15, 0.2) is 5.38 Å². The van der Waals surface area contributed by atoms with E-state index in [0.29, 0.717) is 10.0 Å². The SMILES string of the molecule is COC(=O)c1c(Cl)csc1N. The van der Waals surface area contributed by atoms with E-state index in [1.54, 1.807) is 5.38 Å². The molecule has 0 fully saturated rings. The van der Waals surface area contributed by atoms with Crippen LogP contribution >= 0.6 is 22.9 Å². The molecule has 0 amide bonds. The van der Waals surface area contributed by atoms with Crippen LogP contribution in [0.25, 0.3) is 0 Å². The van der Waals surface area contributed by atoms with Gasteiger partial charge >= 0.3 is 5.97 Å². The van der Waals surface area contributed by atoms with Crippen molar-refractivity contribution in [2.75, 3.05) is 12.8 Å². The highest BCUT2D eigenvalue weighted by Gasteiger charge is 2.15. The fourth-order valence-corrected chi connectivity index (χ4v) is 1.68. The van der Waals surface area contributed by atoms with Gasteiger partial charge in [0.2, 0.25) is 0 Å². The number of nitrogen functional groups attached to an aromatic ring is 1. The van der Waals surface area contributed by atoms with Gasteiger partial charge in [-0.25, -0.2) is 4.79 Å². The largest absolute Gasteiger partial charge is 0.465 e. The van der Waals surface area contributed by atoms with Gasteiger partial charge in [-0.15, -0.1) is 11.3 Å². The summed E-state index contributed by atoms with van der Waals surface area (Å²) in [6, 6.07) is 0. The first-order chi connectivity index (χ1) is 5.16. The van der Waals surface area contributed by atoms with E-state index in [1.807, 2.05) is 0 Å². The molecular weight excluding hydrogens is 186 g/mol. The van der Waals surface area contributed by atoms with Crippen molar-refractivity contribution in [3.8, 4) is 0 Å². The van der Waals surface area contributed by atoms with Crippen molar-refractivity contribution in [2.45, 2.75) is 0 Å². The van der Waals surface area contributed by atoms with Gasteiger partial charge < -0.3 is 10.5 Å². The maximum atomic E-state index is 10.9. The van der Waals surface area contributed by atoms with Crippen molar-refractivity contribution >= 4 is 33.9 Å². The highest BCUT2D eigenvalue weighted by atomic mass is 35.5. The van der Waals surface area contributed by atoms with E-state index in [2.05, 4.69) is 4.74 Å². The van der Waals surface area contributed by atoms with Crippen LogP contribution in [0.1, 0.15) is 10.4 Å². The molecule has 0 atom stereocenters. The van der Waals surface area contributed by atoms with E-state index in [9.17, 15) is 4.79 Å². The summed E-state index contributed by atoms with van der Waals surface area (Å²) in [5, 5.41) is 2.34. The predicted octanol–water partition coefficient (Wildman–Crippen LogP) is 1.77. The molecule has 60 valence electrons. The number of anilines is 1. The van der Waals surface area contributed by atoms with Crippen LogP contribution < -0.4 is 5.73 Å². The summed E-state index contributed by atoms with van der Waals surface area (Å²) in [4.78, 5) is 10.9. The molecule has 5 heteroatoms. The van der Waals surface area contributed by atoms with Crippen molar-refractivity contribution in [3.63, 3.8) is 0 Å². The maximum absolute atomic E-state index is 10.9. The Morgan fingerprint density at radius 3 is 2.82 bits per heavy atom. The number of carbonyl (C=O) groups is 1. The number of halogens is 1. The summed E-state index contributed by atoms with van der Waals surface area (Å²) in [6.07, 6.45) is 0. The Labute approximate surface area is 72.7 Å². The van der Waals surface area contributed by atoms with Crippen LogP contribution in [-0.2, 0) is 4.74 Å². The first-order valence-corrected chi connectivity index (χ1v) is 4.03. The second-order valence-corrected chi connectivity index (χ2v) is 3.13. The lowest BCUT2D eigenvalue weighted by molar-refractivity contribution is 0.0602. The van der Waals surface area contributed by atoms with Crippen LogP contribution in [0.2, 0.25) is 5.02 Å². The highest BCUT2D eigenvalue weighted by molar-refractivity contribution is 7.15. The highest BCUT2D eigenvalue weighted by Crippen LogP contribution is 2.29. The van der Waals surface area contributed by atoms with Gasteiger partial charge in [0, 0.05) is 5.38 Å². The van der Waals surface area contributed by atoms with Crippen molar-refractivity contribution in [1.29, 1.82) is 0 Å². The Kier molecular flexibility index (Phi) is 2.36. The first kappa shape index (κ1) is 8.36. The molecule has 1 heterocycles.